The average Bonchev–Trinajstić information content (AvgIpc) is 2.33. The van der Waals surface area contributed by atoms with Crippen LogP contribution >= 0.6 is 0 Å². The van der Waals surface area contributed by atoms with E-state index in [0.29, 0.717) is 5.41 Å². The first-order valence-electron chi connectivity index (χ1n) is 8.63. The van der Waals surface area contributed by atoms with Crippen LogP contribution in [0.2, 0.25) is 0 Å². The molecular formula is C18H39N. The Hall–Kier alpha value is -0.0400. The highest BCUT2D eigenvalue weighted by molar-refractivity contribution is 4.80. The van der Waals surface area contributed by atoms with Crippen molar-refractivity contribution in [3.05, 3.63) is 0 Å². The lowest BCUT2D eigenvalue weighted by Crippen LogP contribution is -2.37. The van der Waals surface area contributed by atoms with Gasteiger partial charge in [-0.15, -0.1) is 0 Å². The third-order valence-electron chi connectivity index (χ3n) is 4.58. The largest absolute Gasteiger partial charge is 0.316 e. The van der Waals surface area contributed by atoms with Crippen LogP contribution in [0.4, 0.5) is 0 Å². The topological polar surface area (TPSA) is 12.0 Å². The van der Waals surface area contributed by atoms with Gasteiger partial charge < -0.3 is 5.32 Å². The van der Waals surface area contributed by atoms with E-state index in [0.717, 1.165) is 18.4 Å². The van der Waals surface area contributed by atoms with Crippen LogP contribution in [0.15, 0.2) is 0 Å². The Labute approximate surface area is 122 Å². The van der Waals surface area contributed by atoms with Crippen LogP contribution in [0.1, 0.15) is 86.5 Å². The van der Waals surface area contributed by atoms with Gasteiger partial charge in [0.1, 0.15) is 0 Å². The number of hydrogen-bond donors (Lipinski definition) is 1. The zero-order valence-electron chi connectivity index (χ0n) is 14.5. The van der Waals surface area contributed by atoms with Gasteiger partial charge in [0.15, 0.2) is 0 Å². The maximum absolute atomic E-state index is 3.67. The van der Waals surface area contributed by atoms with Gasteiger partial charge >= 0.3 is 0 Å². The monoisotopic (exact) mass is 269 g/mol. The molecule has 0 aliphatic carbocycles. The van der Waals surface area contributed by atoms with E-state index in [1.54, 1.807) is 0 Å². The molecule has 1 unspecified atom stereocenters. The minimum Gasteiger partial charge on any atom is -0.316 e. The number of rotatable bonds is 12. The lowest BCUT2D eigenvalue weighted by Gasteiger charge is -2.34. The molecule has 0 aromatic rings. The van der Waals surface area contributed by atoms with E-state index in [2.05, 4.69) is 46.9 Å². The molecule has 0 saturated heterocycles. The number of hydrogen-bond acceptors (Lipinski definition) is 1. The SMILES string of the molecule is CCCCCCCCC(C)(CNCC(C)C)C(C)C. The van der Waals surface area contributed by atoms with E-state index in [9.17, 15) is 0 Å². The van der Waals surface area contributed by atoms with Gasteiger partial charge in [-0.05, 0) is 30.2 Å². The zero-order valence-corrected chi connectivity index (χ0v) is 14.5. The fourth-order valence-corrected chi connectivity index (χ4v) is 2.54. The van der Waals surface area contributed by atoms with Crippen LogP contribution in [0.5, 0.6) is 0 Å². The highest BCUT2D eigenvalue weighted by atomic mass is 14.9. The predicted molar refractivity (Wildman–Crippen MR) is 88.6 cm³/mol. The number of unbranched alkanes of at least 4 members (excludes halogenated alkanes) is 5. The predicted octanol–water partition coefficient (Wildman–Crippen LogP) is 5.64. The van der Waals surface area contributed by atoms with Gasteiger partial charge in [0, 0.05) is 6.54 Å². The van der Waals surface area contributed by atoms with Gasteiger partial charge in [0.25, 0.3) is 0 Å². The summed E-state index contributed by atoms with van der Waals surface area (Å²) in [6.07, 6.45) is 9.83. The molecule has 1 atom stereocenters. The molecule has 0 amide bonds. The van der Waals surface area contributed by atoms with E-state index in [1.165, 1.54) is 51.5 Å². The van der Waals surface area contributed by atoms with Crippen molar-refractivity contribution in [2.75, 3.05) is 13.1 Å². The Morgan fingerprint density at radius 1 is 0.895 bits per heavy atom. The fraction of sp³-hybridized carbons (Fsp3) is 1.00. The Balaban J connectivity index is 3.88. The van der Waals surface area contributed by atoms with Crippen molar-refractivity contribution in [3.8, 4) is 0 Å². The van der Waals surface area contributed by atoms with E-state index >= 15 is 0 Å². The second-order valence-electron chi connectivity index (χ2n) is 7.35. The Morgan fingerprint density at radius 3 is 2.00 bits per heavy atom. The van der Waals surface area contributed by atoms with Gasteiger partial charge in [-0.25, -0.2) is 0 Å². The molecule has 0 aromatic carbocycles. The van der Waals surface area contributed by atoms with E-state index < -0.39 is 0 Å². The van der Waals surface area contributed by atoms with Crippen molar-refractivity contribution in [3.63, 3.8) is 0 Å². The fourth-order valence-electron chi connectivity index (χ4n) is 2.54. The molecule has 116 valence electrons. The lowest BCUT2D eigenvalue weighted by molar-refractivity contribution is 0.182. The molecule has 0 aliphatic heterocycles. The van der Waals surface area contributed by atoms with Crippen molar-refractivity contribution in [2.45, 2.75) is 86.5 Å². The Kier molecular flexibility index (Phi) is 10.7. The van der Waals surface area contributed by atoms with Crippen LogP contribution < -0.4 is 5.32 Å². The molecule has 0 heterocycles. The van der Waals surface area contributed by atoms with E-state index in [1.807, 2.05) is 0 Å². The standard InChI is InChI=1S/C18H39N/c1-7-8-9-10-11-12-13-18(6,17(4)5)15-19-14-16(2)3/h16-17,19H,7-15H2,1-6H3. The summed E-state index contributed by atoms with van der Waals surface area (Å²) in [7, 11) is 0. The second kappa shape index (κ2) is 10.7. The van der Waals surface area contributed by atoms with Gasteiger partial charge in [0.05, 0.1) is 0 Å². The van der Waals surface area contributed by atoms with Crippen LogP contribution in [0.3, 0.4) is 0 Å². The van der Waals surface area contributed by atoms with Gasteiger partial charge in [-0.3, -0.25) is 0 Å². The molecule has 1 heteroatoms. The van der Waals surface area contributed by atoms with Gasteiger partial charge in [-0.1, -0.05) is 80.1 Å². The van der Waals surface area contributed by atoms with Crippen LogP contribution in [0.25, 0.3) is 0 Å². The average molecular weight is 270 g/mol. The van der Waals surface area contributed by atoms with Crippen molar-refractivity contribution < 1.29 is 0 Å². The van der Waals surface area contributed by atoms with Crippen molar-refractivity contribution in [1.82, 2.24) is 5.32 Å². The maximum atomic E-state index is 3.67. The minimum atomic E-state index is 0.472. The first-order chi connectivity index (χ1) is 8.92. The molecule has 0 spiro atoms. The summed E-state index contributed by atoms with van der Waals surface area (Å²) in [5.74, 6) is 1.52. The molecule has 19 heavy (non-hydrogen) atoms. The minimum absolute atomic E-state index is 0.472. The summed E-state index contributed by atoms with van der Waals surface area (Å²) in [4.78, 5) is 0. The number of nitrogens with one attached hydrogen (secondary N) is 1. The molecule has 1 N–H and O–H groups in total. The first-order valence-corrected chi connectivity index (χ1v) is 8.63. The summed E-state index contributed by atoms with van der Waals surface area (Å²) in [6, 6.07) is 0. The highest BCUT2D eigenvalue weighted by Gasteiger charge is 2.27. The molecule has 0 aliphatic rings. The smallest absolute Gasteiger partial charge is 0.000772 e. The zero-order chi connectivity index (χ0) is 14.7. The normalized spacial score (nSPS) is 15.2. The van der Waals surface area contributed by atoms with E-state index in [-0.39, 0.29) is 0 Å². The molecule has 0 rings (SSSR count). The van der Waals surface area contributed by atoms with Gasteiger partial charge in [-0.2, -0.15) is 0 Å². The van der Waals surface area contributed by atoms with Crippen LogP contribution in [-0.2, 0) is 0 Å². The third kappa shape index (κ3) is 9.49. The summed E-state index contributed by atoms with van der Waals surface area (Å²) >= 11 is 0. The third-order valence-corrected chi connectivity index (χ3v) is 4.58. The van der Waals surface area contributed by atoms with Crippen LogP contribution in [-0.4, -0.2) is 13.1 Å². The molecule has 0 saturated carbocycles. The van der Waals surface area contributed by atoms with Crippen LogP contribution in [0, 0.1) is 17.3 Å². The summed E-state index contributed by atoms with van der Waals surface area (Å²) in [5, 5.41) is 3.67. The van der Waals surface area contributed by atoms with Crippen molar-refractivity contribution >= 4 is 0 Å². The molecule has 0 radical (unpaired) electrons. The van der Waals surface area contributed by atoms with Crippen molar-refractivity contribution in [2.24, 2.45) is 17.3 Å². The highest BCUT2D eigenvalue weighted by Crippen LogP contribution is 2.32. The quantitative estimate of drug-likeness (QED) is 0.452. The maximum Gasteiger partial charge on any atom is 0.000772 e. The molecule has 0 bridgehead atoms. The Bertz CT molecular complexity index is 198. The van der Waals surface area contributed by atoms with Gasteiger partial charge in [0.2, 0.25) is 0 Å². The molecule has 0 aromatic heterocycles. The molecule has 0 fully saturated rings. The molecular weight excluding hydrogens is 230 g/mol. The first kappa shape index (κ1) is 19.0. The lowest BCUT2D eigenvalue weighted by atomic mass is 9.75. The Morgan fingerprint density at radius 2 is 1.47 bits per heavy atom. The summed E-state index contributed by atoms with van der Waals surface area (Å²) < 4.78 is 0. The summed E-state index contributed by atoms with van der Waals surface area (Å²) in [6.45, 7) is 16.4. The molecule has 1 nitrogen and oxygen atoms in total. The van der Waals surface area contributed by atoms with Crippen molar-refractivity contribution in [1.29, 1.82) is 0 Å². The van der Waals surface area contributed by atoms with E-state index in [4.69, 9.17) is 0 Å². The summed E-state index contributed by atoms with van der Waals surface area (Å²) in [5.41, 5.74) is 0.472. The second-order valence-corrected chi connectivity index (χ2v) is 7.35.